The molecule has 0 radical (unpaired) electrons. The molecule has 5 unspecified atom stereocenters. The molecule has 10 heteroatoms. The lowest BCUT2D eigenvalue weighted by molar-refractivity contribution is -0.168. The fourth-order valence-electron chi connectivity index (χ4n) is 4.64. The molecule has 0 aromatic rings. The molecule has 0 bridgehead atoms. The van der Waals surface area contributed by atoms with Gasteiger partial charge in [0.25, 0.3) is 5.34 Å². The minimum Gasteiger partial charge on any atom is -0.460 e. The van der Waals surface area contributed by atoms with E-state index >= 15 is 0 Å². The van der Waals surface area contributed by atoms with Gasteiger partial charge in [0, 0.05) is 13.3 Å². The van der Waals surface area contributed by atoms with E-state index in [4.69, 9.17) is 18.7 Å². The van der Waals surface area contributed by atoms with Crippen LogP contribution in [0.2, 0.25) is 0 Å². The molecule has 2 fully saturated rings. The van der Waals surface area contributed by atoms with Gasteiger partial charge in [0.2, 0.25) is 6.10 Å². The zero-order chi connectivity index (χ0) is 26.6. The first-order valence-corrected chi connectivity index (χ1v) is 16.6. The second kappa shape index (κ2) is 16.1. The maximum Gasteiger partial charge on any atom is 0.508 e. The first-order chi connectivity index (χ1) is 17.1. The lowest BCUT2D eigenvalue weighted by atomic mass is 9.98. The van der Waals surface area contributed by atoms with Crippen molar-refractivity contribution in [1.29, 1.82) is 0 Å². The highest BCUT2D eigenvalue weighted by Gasteiger charge is 2.46. The Balaban J connectivity index is 1.67. The van der Waals surface area contributed by atoms with E-state index < -0.39 is 45.3 Å². The Hall–Kier alpha value is -0.940. The maximum absolute atomic E-state index is 13.1. The number of carbonyl (C=O) groups excluding carboxylic acids is 2. The number of unbranched alkanes of at least 4 members (excludes halogenated alkanes) is 1. The largest absolute Gasteiger partial charge is 0.508 e. The van der Waals surface area contributed by atoms with Crippen LogP contribution in [-0.4, -0.2) is 54.0 Å². The van der Waals surface area contributed by atoms with Crippen molar-refractivity contribution in [3.8, 4) is 0 Å². The molecule has 0 spiro atoms. The fourth-order valence-corrected chi connectivity index (χ4v) is 7.28. The second-order valence-corrected chi connectivity index (χ2v) is 13.8. The van der Waals surface area contributed by atoms with Gasteiger partial charge in [0.15, 0.2) is 12.3 Å². The number of ether oxygens (including phenoxy) is 3. The van der Waals surface area contributed by atoms with E-state index in [1.165, 1.54) is 12.8 Å². The van der Waals surface area contributed by atoms with Crippen molar-refractivity contribution in [3.05, 3.63) is 0 Å². The Morgan fingerprint density at radius 2 is 1.28 bits per heavy atom. The van der Waals surface area contributed by atoms with Crippen molar-refractivity contribution in [3.63, 3.8) is 0 Å². The van der Waals surface area contributed by atoms with Gasteiger partial charge < -0.3 is 14.2 Å². The highest BCUT2D eigenvalue weighted by Crippen LogP contribution is 2.44. The van der Waals surface area contributed by atoms with E-state index in [9.17, 15) is 18.7 Å². The summed E-state index contributed by atoms with van der Waals surface area (Å²) in [5.74, 6) is -0.851. The van der Waals surface area contributed by atoms with E-state index in [1.807, 2.05) is 6.92 Å². The van der Waals surface area contributed by atoms with Crippen LogP contribution in [0.3, 0.4) is 0 Å². The zero-order valence-electron chi connectivity index (χ0n) is 22.6. The molecule has 0 aromatic carbocycles. The van der Waals surface area contributed by atoms with E-state index in [2.05, 4.69) is 0 Å². The number of rotatable bonds is 15. The average molecular weight is 549 g/mol. The monoisotopic (exact) mass is 548 g/mol. The third-order valence-corrected chi connectivity index (χ3v) is 10.6. The Bertz CT molecular complexity index is 733. The van der Waals surface area contributed by atoms with Crippen molar-refractivity contribution in [2.24, 2.45) is 0 Å². The predicted molar refractivity (Wildman–Crippen MR) is 140 cm³/mol. The topological polar surface area (TPSA) is 105 Å². The van der Waals surface area contributed by atoms with Gasteiger partial charge in [-0.2, -0.15) is 0 Å². The van der Waals surface area contributed by atoms with Crippen LogP contribution < -0.4 is 0 Å². The first kappa shape index (κ1) is 31.3. The molecule has 0 aromatic heterocycles. The summed E-state index contributed by atoms with van der Waals surface area (Å²) in [5.41, 5.74) is 0. The molecule has 2 aliphatic carbocycles. The fraction of sp³-hybridized carbons (Fsp3) is 0.923. The van der Waals surface area contributed by atoms with Gasteiger partial charge in [-0.3, -0.25) is 0 Å². The molecule has 8 nitrogen and oxygen atoms in total. The van der Waals surface area contributed by atoms with Crippen LogP contribution in [0.1, 0.15) is 111 Å². The molecular weight excluding hydrogens is 502 g/mol. The number of hydrogen-bond donors (Lipinski definition) is 0. The van der Waals surface area contributed by atoms with Crippen LogP contribution in [0.5, 0.6) is 0 Å². The summed E-state index contributed by atoms with van der Waals surface area (Å²) in [5, 5.41) is -0.934. The van der Waals surface area contributed by atoms with Gasteiger partial charge in [0.05, 0.1) is 0 Å². The van der Waals surface area contributed by atoms with Crippen molar-refractivity contribution in [2.75, 3.05) is 12.3 Å². The number of carbonyl (C=O) groups is 2. The smallest absolute Gasteiger partial charge is 0.460 e. The van der Waals surface area contributed by atoms with Gasteiger partial charge >= 0.3 is 27.8 Å². The molecule has 36 heavy (non-hydrogen) atoms. The van der Waals surface area contributed by atoms with Crippen LogP contribution in [0.4, 0.5) is 0 Å². The summed E-state index contributed by atoms with van der Waals surface area (Å²) in [7, 11) is -3.77. The number of esters is 2. The summed E-state index contributed by atoms with van der Waals surface area (Å²) in [6, 6.07) is 0. The van der Waals surface area contributed by atoms with E-state index in [1.54, 1.807) is 20.8 Å². The van der Waals surface area contributed by atoms with E-state index in [0.29, 0.717) is 25.4 Å². The summed E-state index contributed by atoms with van der Waals surface area (Å²) in [6.45, 7) is 6.90. The first-order valence-electron chi connectivity index (χ1n) is 13.8. The number of hydrogen-bond acceptors (Lipinski definition) is 8. The lowest BCUT2D eigenvalue weighted by Gasteiger charge is -2.26. The van der Waals surface area contributed by atoms with Crippen molar-refractivity contribution >= 4 is 27.8 Å². The summed E-state index contributed by atoms with van der Waals surface area (Å²) in [4.78, 5) is 24.7. The second-order valence-electron chi connectivity index (χ2n) is 10.3. The molecule has 0 saturated heterocycles. The molecule has 0 amide bonds. The zero-order valence-corrected chi connectivity index (χ0v) is 24.4. The molecule has 5 atom stereocenters. The van der Waals surface area contributed by atoms with Gasteiger partial charge in [-0.1, -0.05) is 24.3 Å². The van der Waals surface area contributed by atoms with Crippen LogP contribution in [0.15, 0.2) is 0 Å². The Morgan fingerprint density at radius 1 is 0.806 bits per heavy atom. The molecule has 206 valence electrons. The molecule has 2 aliphatic rings. The van der Waals surface area contributed by atoms with Crippen LogP contribution in [0.25, 0.3) is 0 Å². The SMILES string of the molecule is CCC(C)(OC(C)C(=O)OC1CCCCC1)[P+](=O)CCCC[P+](=O)OC(C)C(=O)OC1CCCCC1. The van der Waals surface area contributed by atoms with Crippen molar-refractivity contribution < 1.29 is 37.5 Å². The third-order valence-electron chi connectivity index (χ3n) is 7.18. The normalized spacial score (nSPS) is 21.7. The van der Waals surface area contributed by atoms with E-state index in [-0.39, 0.29) is 18.4 Å². The molecule has 0 heterocycles. The molecule has 2 rings (SSSR count). The van der Waals surface area contributed by atoms with Gasteiger partial charge in [-0.25, -0.2) is 9.59 Å². The predicted octanol–water partition coefficient (Wildman–Crippen LogP) is 7.02. The Morgan fingerprint density at radius 3 is 1.78 bits per heavy atom. The van der Waals surface area contributed by atoms with Crippen molar-refractivity contribution in [2.45, 2.75) is 141 Å². The maximum atomic E-state index is 13.1. The Kier molecular flexibility index (Phi) is 14.0. The van der Waals surface area contributed by atoms with Gasteiger partial charge in [0.1, 0.15) is 18.4 Å². The minimum atomic E-state index is -2.01. The average Bonchev–Trinajstić information content (AvgIpc) is 2.87. The molecule has 2 saturated carbocycles. The minimum absolute atomic E-state index is 0.0417. The highest BCUT2D eigenvalue weighted by molar-refractivity contribution is 7.46. The van der Waals surface area contributed by atoms with Gasteiger partial charge in [-0.05, 0) is 82.6 Å². The molecule has 0 aliphatic heterocycles. The lowest BCUT2D eigenvalue weighted by Crippen LogP contribution is -2.36. The van der Waals surface area contributed by atoms with Crippen molar-refractivity contribution in [1.82, 2.24) is 0 Å². The van der Waals surface area contributed by atoms with Gasteiger partial charge in [-0.15, -0.1) is 4.52 Å². The summed E-state index contributed by atoms with van der Waals surface area (Å²) in [6.07, 6.45) is 10.8. The summed E-state index contributed by atoms with van der Waals surface area (Å²) < 4.78 is 47.8. The standard InChI is InChI=1S/C26H46O8P2/c1-5-26(4,33-20(2)24(27)31-22-14-8-6-9-15-22)35(29)18-12-13-19-36(30)34-21(3)25(28)32-23-16-10-7-11-17-23/h20-23H,5-19H2,1-4H3/q+2. The molecule has 0 N–H and O–H groups in total. The van der Waals surface area contributed by atoms with Crippen LogP contribution in [-0.2, 0) is 37.5 Å². The Labute approximate surface area is 218 Å². The molecular formula is C26H46O8P2+2. The van der Waals surface area contributed by atoms with Crippen LogP contribution in [0, 0.1) is 0 Å². The van der Waals surface area contributed by atoms with E-state index in [0.717, 1.165) is 51.4 Å². The highest BCUT2D eigenvalue weighted by atomic mass is 31.1. The quantitative estimate of drug-likeness (QED) is 0.122. The summed E-state index contributed by atoms with van der Waals surface area (Å²) >= 11 is 0. The van der Waals surface area contributed by atoms with Crippen LogP contribution >= 0.6 is 15.8 Å². The third kappa shape index (κ3) is 10.8.